The van der Waals surface area contributed by atoms with E-state index in [4.69, 9.17) is 28.2 Å². The minimum atomic E-state index is -1.50. The molecule has 11 heavy (non-hydrogen) atoms. The smallest absolute Gasteiger partial charge is 0.291 e. The zero-order chi connectivity index (χ0) is 9.11. The van der Waals surface area contributed by atoms with E-state index in [0.29, 0.717) is 13.2 Å². The van der Waals surface area contributed by atoms with Crippen LogP contribution in [0.1, 0.15) is 0 Å². The number of rotatable bonds is 2. The highest BCUT2D eigenvalue weighted by Crippen LogP contribution is 1.65. The van der Waals surface area contributed by atoms with Crippen molar-refractivity contribution < 1.29 is 15.0 Å². The zero-order valence-electron chi connectivity index (χ0n) is 5.69. The van der Waals surface area contributed by atoms with Gasteiger partial charge in [-0.1, -0.05) is 11.8 Å². The predicted molar refractivity (Wildman–Crippen MR) is 37.3 cm³/mol. The second-order valence-electron chi connectivity index (χ2n) is 1.14. The SMILES string of the molecule is C#CCOCC#C.O=[N+]([O-])O. The maximum Gasteiger partial charge on any atom is 0.291 e. The van der Waals surface area contributed by atoms with E-state index < -0.39 is 5.09 Å². The van der Waals surface area contributed by atoms with Crippen LogP contribution in [-0.2, 0) is 4.74 Å². The summed E-state index contributed by atoms with van der Waals surface area (Å²) in [5.74, 6) is 4.57. The van der Waals surface area contributed by atoms with Crippen LogP contribution in [0.5, 0.6) is 0 Å². The van der Waals surface area contributed by atoms with Gasteiger partial charge in [-0.3, -0.25) is 0 Å². The highest BCUT2D eigenvalue weighted by Gasteiger charge is 1.71. The third kappa shape index (κ3) is 62.8. The molecule has 0 aromatic heterocycles. The first-order valence-corrected chi connectivity index (χ1v) is 2.43. The van der Waals surface area contributed by atoms with Gasteiger partial charge in [0.25, 0.3) is 5.09 Å². The fourth-order valence-electron chi connectivity index (χ4n) is 0.169. The summed E-state index contributed by atoms with van der Waals surface area (Å²) >= 11 is 0. The van der Waals surface area contributed by atoms with Gasteiger partial charge in [-0.25, -0.2) is 0 Å². The highest BCUT2D eigenvalue weighted by molar-refractivity contribution is 4.87. The molecular formula is C6H7NO4. The van der Waals surface area contributed by atoms with Crippen LogP contribution in [0.4, 0.5) is 0 Å². The van der Waals surface area contributed by atoms with Crippen molar-refractivity contribution in [3.05, 3.63) is 10.1 Å². The van der Waals surface area contributed by atoms with Gasteiger partial charge < -0.3 is 9.94 Å². The molecule has 1 N–H and O–H groups in total. The van der Waals surface area contributed by atoms with E-state index >= 15 is 0 Å². The third-order valence-corrected chi connectivity index (χ3v) is 0.371. The van der Waals surface area contributed by atoms with Crippen molar-refractivity contribution >= 4 is 0 Å². The van der Waals surface area contributed by atoms with E-state index in [1.165, 1.54) is 0 Å². The molecule has 0 heterocycles. The molecule has 0 unspecified atom stereocenters. The summed E-state index contributed by atoms with van der Waals surface area (Å²) in [6.07, 6.45) is 9.65. The quantitative estimate of drug-likeness (QED) is 0.263. The van der Waals surface area contributed by atoms with Gasteiger partial charge in [-0.2, -0.15) is 0 Å². The van der Waals surface area contributed by atoms with Crippen molar-refractivity contribution in [2.45, 2.75) is 0 Å². The van der Waals surface area contributed by atoms with Gasteiger partial charge in [0.15, 0.2) is 0 Å². The molecule has 0 aromatic carbocycles. The Kier molecular flexibility index (Phi) is 12.1. The summed E-state index contributed by atoms with van der Waals surface area (Å²) in [6, 6.07) is 0. The van der Waals surface area contributed by atoms with Gasteiger partial charge >= 0.3 is 0 Å². The number of nitrogens with zero attached hydrogens (tertiary/aromatic N) is 1. The first-order chi connectivity index (χ1) is 5.15. The van der Waals surface area contributed by atoms with Crippen LogP contribution >= 0.6 is 0 Å². The fourth-order valence-corrected chi connectivity index (χ4v) is 0.169. The molecule has 5 nitrogen and oxygen atoms in total. The topological polar surface area (TPSA) is 72.6 Å². The standard InChI is InChI=1S/C6H6O.HNO3/c1-3-5-7-6-4-2;2-1(3)4/h1-2H,5-6H2;(H,2,3,4). The van der Waals surface area contributed by atoms with E-state index in [1.807, 2.05) is 0 Å². The Bertz CT molecular complexity index is 158. The number of ether oxygens (including phenoxy) is 1. The molecule has 0 spiro atoms. The molecule has 0 aliphatic carbocycles. The molecule has 0 radical (unpaired) electrons. The van der Waals surface area contributed by atoms with Crippen LogP contribution in [0.2, 0.25) is 0 Å². The van der Waals surface area contributed by atoms with E-state index in [0.717, 1.165) is 0 Å². The third-order valence-electron chi connectivity index (χ3n) is 0.371. The Morgan fingerprint density at radius 2 is 1.73 bits per heavy atom. The van der Waals surface area contributed by atoms with Gasteiger partial charge in [0.05, 0.1) is 0 Å². The van der Waals surface area contributed by atoms with Crippen LogP contribution < -0.4 is 0 Å². The minimum Gasteiger partial charge on any atom is -0.356 e. The molecule has 0 saturated carbocycles. The lowest BCUT2D eigenvalue weighted by molar-refractivity contribution is -0.742. The molecule has 0 saturated heterocycles. The van der Waals surface area contributed by atoms with Crippen molar-refractivity contribution in [3.63, 3.8) is 0 Å². The average Bonchev–Trinajstić information content (AvgIpc) is 1.88. The van der Waals surface area contributed by atoms with Crippen molar-refractivity contribution in [1.82, 2.24) is 0 Å². The second-order valence-corrected chi connectivity index (χ2v) is 1.14. The van der Waals surface area contributed by atoms with Gasteiger partial charge in [0.1, 0.15) is 13.2 Å². The number of terminal acetylenes is 2. The zero-order valence-corrected chi connectivity index (χ0v) is 5.69. The normalized spacial score (nSPS) is 6.36. The van der Waals surface area contributed by atoms with Crippen LogP contribution in [0.3, 0.4) is 0 Å². The lowest BCUT2D eigenvalue weighted by Gasteiger charge is -1.86. The average molecular weight is 157 g/mol. The molecule has 0 rings (SSSR count). The summed E-state index contributed by atoms with van der Waals surface area (Å²) in [4.78, 5) is 8.36. The summed E-state index contributed by atoms with van der Waals surface area (Å²) in [5, 5.41) is 13.6. The summed E-state index contributed by atoms with van der Waals surface area (Å²) < 4.78 is 4.66. The van der Waals surface area contributed by atoms with Gasteiger partial charge in [-0.05, 0) is 0 Å². The van der Waals surface area contributed by atoms with E-state index in [9.17, 15) is 0 Å². The van der Waals surface area contributed by atoms with Gasteiger partial charge in [0.2, 0.25) is 0 Å². The highest BCUT2D eigenvalue weighted by atomic mass is 16.9. The summed E-state index contributed by atoms with van der Waals surface area (Å²) in [6.45, 7) is 0.619. The van der Waals surface area contributed by atoms with Crippen LogP contribution in [0, 0.1) is 34.8 Å². The van der Waals surface area contributed by atoms with Crippen molar-refractivity contribution in [3.8, 4) is 24.7 Å². The molecule has 0 fully saturated rings. The summed E-state index contributed by atoms with van der Waals surface area (Å²) in [7, 11) is 0. The Hall–Kier alpha value is -1.72. The number of hydrogen-bond donors (Lipinski definition) is 1. The Labute approximate surface area is 64.1 Å². The molecule has 60 valence electrons. The Morgan fingerprint density at radius 3 is 1.91 bits per heavy atom. The Balaban J connectivity index is 0. The summed E-state index contributed by atoms with van der Waals surface area (Å²) in [5.41, 5.74) is 0. The molecular weight excluding hydrogens is 150 g/mol. The molecule has 0 bridgehead atoms. The first kappa shape index (κ1) is 12.0. The lowest BCUT2D eigenvalue weighted by Crippen LogP contribution is -1.89. The molecule has 0 aromatic rings. The predicted octanol–water partition coefficient (Wildman–Crippen LogP) is -0.0783. The minimum absolute atomic E-state index is 0.310. The first-order valence-electron chi connectivity index (χ1n) is 2.43. The van der Waals surface area contributed by atoms with Crippen LogP contribution in [-0.4, -0.2) is 23.5 Å². The van der Waals surface area contributed by atoms with Crippen molar-refractivity contribution in [1.29, 1.82) is 0 Å². The van der Waals surface area contributed by atoms with Gasteiger partial charge in [0, 0.05) is 0 Å². The van der Waals surface area contributed by atoms with Gasteiger partial charge in [-0.15, -0.1) is 23.0 Å². The monoisotopic (exact) mass is 157 g/mol. The molecule has 0 amide bonds. The second kappa shape index (κ2) is 11.1. The van der Waals surface area contributed by atoms with E-state index in [2.05, 4.69) is 16.6 Å². The van der Waals surface area contributed by atoms with E-state index in [1.54, 1.807) is 0 Å². The largest absolute Gasteiger partial charge is 0.356 e. The Morgan fingerprint density at radius 1 is 1.45 bits per heavy atom. The molecule has 0 atom stereocenters. The molecule has 0 aliphatic rings. The van der Waals surface area contributed by atoms with E-state index in [-0.39, 0.29) is 0 Å². The fraction of sp³-hybridized carbons (Fsp3) is 0.333. The van der Waals surface area contributed by atoms with Crippen LogP contribution in [0.15, 0.2) is 0 Å². The van der Waals surface area contributed by atoms with Crippen molar-refractivity contribution in [2.75, 3.05) is 13.2 Å². The maximum absolute atomic E-state index is 8.36. The molecule has 5 heteroatoms. The van der Waals surface area contributed by atoms with Crippen LogP contribution in [0.25, 0.3) is 0 Å². The lowest BCUT2D eigenvalue weighted by atomic mass is 10.7. The van der Waals surface area contributed by atoms with Crippen molar-refractivity contribution in [2.24, 2.45) is 0 Å². The maximum atomic E-state index is 8.36. The number of hydrogen-bond acceptors (Lipinski definition) is 3. The molecule has 0 aliphatic heterocycles.